The van der Waals surface area contributed by atoms with Crippen LogP contribution in [0, 0.1) is 5.41 Å². The molecule has 0 saturated carbocycles. The van der Waals surface area contributed by atoms with Gasteiger partial charge in [0.15, 0.2) is 0 Å². The molecule has 0 amide bonds. The lowest BCUT2D eigenvalue weighted by Crippen LogP contribution is -2.43. The van der Waals surface area contributed by atoms with Gasteiger partial charge in [-0.25, -0.2) is 0 Å². The lowest BCUT2D eigenvalue weighted by molar-refractivity contribution is 0.0265. The van der Waals surface area contributed by atoms with Gasteiger partial charge in [-0.2, -0.15) is 0 Å². The predicted octanol–water partition coefficient (Wildman–Crippen LogP) is 1.35. The highest BCUT2D eigenvalue weighted by Gasteiger charge is 2.21. The molecule has 2 N–H and O–H groups in total. The van der Waals surface area contributed by atoms with E-state index >= 15 is 0 Å². The minimum absolute atomic E-state index is 0.0652. The minimum atomic E-state index is -0.410. The lowest BCUT2D eigenvalue weighted by atomic mass is 9.94. The molecular formula is C8H19NO. The largest absolute Gasteiger partial charge is 0.378 e. The van der Waals surface area contributed by atoms with E-state index in [0.717, 1.165) is 0 Å². The van der Waals surface area contributed by atoms with Crippen molar-refractivity contribution in [2.24, 2.45) is 5.41 Å². The van der Waals surface area contributed by atoms with Gasteiger partial charge in [0.2, 0.25) is 0 Å². The van der Waals surface area contributed by atoms with Gasteiger partial charge in [0, 0.05) is 11.5 Å². The maximum Gasteiger partial charge on any atom is 0.109 e. The molecule has 10 heavy (non-hydrogen) atoms. The summed E-state index contributed by atoms with van der Waals surface area (Å²) in [7, 11) is 0. The maximum atomic E-state index is 9.44. The molecular weight excluding hydrogens is 126 g/mol. The molecule has 2 nitrogen and oxygen atoms in total. The van der Waals surface area contributed by atoms with E-state index in [4.69, 9.17) is 0 Å². The Balaban J connectivity index is 3.73. The molecule has 0 spiro atoms. The fourth-order valence-electron chi connectivity index (χ4n) is 0.566. The first-order valence-corrected chi connectivity index (χ1v) is 3.78. The Morgan fingerprint density at radius 3 is 1.70 bits per heavy atom. The van der Waals surface area contributed by atoms with E-state index < -0.39 is 6.23 Å². The second-order valence-corrected chi connectivity index (χ2v) is 4.09. The van der Waals surface area contributed by atoms with Crippen molar-refractivity contribution in [2.45, 2.75) is 46.9 Å². The van der Waals surface area contributed by atoms with Crippen molar-refractivity contribution in [3.63, 3.8) is 0 Å². The monoisotopic (exact) mass is 145 g/mol. The van der Waals surface area contributed by atoms with Crippen LogP contribution in [0.15, 0.2) is 0 Å². The topological polar surface area (TPSA) is 32.3 Å². The fraction of sp³-hybridized carbons (Fsp3) is 1.00. The average Bonchev–Trinajstić information content (AvgIpc) is 1.60. The van der Waals surface area contributed by atoms with Crippen molar-refractivity contribution in [3.05, 3.63) is 0 Å². The summed E-state index contributed by atoms with van der Waals surface area (Å²) in [5.41, 5.74) is -0.0652. The second-order valence-electron chi connectivity index (χ2n) is 4.09. The van der Waals surface area contributed by atoms with E-state index in [0.29, 0.717) is 6.04 Å². The third-order valence-electron chi connectivity index (χ3n) is 1.31. The summed E-state index contributed by atoms with van der Waals surface area (Å²) in [4.78, 5) is 0. The summed E-state index contributed by atoms with van der Waals surface area (Å²) in [6, 6.07) is 0.342. The van der Waals surface area contributed by atoms with Crippen LogP contribution < -0.4 is 5.32 Å². The molecule has 0 aromatic heterocycles. The van der Waals surface area contributed by atoms with Gasteiger partial charge < -0.3 is 5.11 Å². The molecule has 0 radical (unpaired) electrons. The van der Waals surface area contributed by atoms with E-state index in [1.54, 1.807) is 0 Å². The molecule has 0 aliphatic heterocycles. The third-order valence-corrected chi connectivity index (χ3v) is 1.31. The number of nitrogens with one attached hydrogen (secondary N) is 1. The first-order chi connectivity index (χ1) is 4.34. The van der Waals surface area contributed by atoms with Crippen LogP contribution in [0.4, 0.5) is 0 Å². The van der Waals surface area contributed by atoms with Crippen molar-refractivity contribution in [1.29, 1.82) is 0 Å². The number of hydrogen-bond acceptors (Lipinski definition) is 2. The number of rotatable bonds is 2. The average molecular weight is 145 g/mol. The molecule has 0 rings (SSSR count). The number of aliphatic hydroxyl groups is 1. The molecule has 1 unspecified atom stereocenters. The van der Waals surface area contributed by atoms with Gasteiger partial charge in [-0.05, 0) is 13.8 Å². The SMILES string of the molecule is CC(C)NC(O)C(C)(C)C. The van der Waals surface area contributed by atoms with E-state index in [1.165, 1.54) is 0 Å². The van der Waals surface area contributed by atoms with Crippen LogP contribution >= 0.6 is 0 Å². The van der Waals surface area contributed by atoms with Gasteiger partial charge in [-0.15, -0.1) is 0 Å². The molecule has 2 heteroatoms. The molecule has 1 atom stereocenters. The van der Waals surface area contributed by atoms with Crippen LogP contribution in [0.25, 0.3) is 0 Å². The lowest BCUT2D eigenvalue weighted by Gasteiger charge is -2.28. The maximum absolute atomic E-state index is 9.44. The molecule has 0 aliphatic carbocycles. The highest BCUT2D eigenvalue weighted by molar-refractivity contribution is 4.71. The summed E-state index contributed by atoms with van der Waals surface area (Å²) >= 11 is 0. The Labute approximate surface area is 63.6 Å². The van der Waals surface area contributed by atoms with Crippen molar-refractivity contribution in [3.8, 4) is 0 Å². The molecule has 62 valence electrons. The first kappa shape index (κ1) is 9.92. The Morgan fingerprint density at radius 1 is 1.20 bits per heavy atom. The van der Waals surface area contributed by atoms with Crippen LogP contribution in [-0.4, -0.2) is 17.4 Å². The van der Waals surface area contributed by atoms with E-state index in [1.807, 2.05) is 34.6 Å². The van der Waals surface area contributed by atoms with Gasteiger partial charge >= 0.3 is 0 Å². The van der Waals surface area contributed by atoms with Crippen LogP contribution in [-0.2, 0) is 0 Å². The summed E-state index contributed by atoms with van der Waals surface area (Å²) in [5, 5.41) is 12.5. The zero-order valence-corrected chi connectivity index (χ0v) is 7.60. The van der Waals surface area contributed by atoms with Crippen LogP contribution in [0.2, 0.25) is 0 Å². The van der Waals surface area contributed by atoms with Crippen LogP contribution in [0.1, 0.15) is 34.6 Å². The van der Waals surface area contributed by atoms with Gasteiger partial charge in [0.1, 0.15) is 6.23 Å². The summed E-state index contributed by atoms with van der Waals surface area (Å²) < 4.78 is 0. The Morgan fingerprint density at radius 2 is 1.60 bits per heavy atom. The van der Waals surface area contributed by atoms with Crippen molar-refractivity contribution < 1.29 is 5.11 Å². The van der Waals surface area contributed by atoms with Crippen molar-refractivity contribution in [2.75, 3.05) is 0 Å². The third kappa shape index (κ3) is 3.85. The van der Waals surface area contributed by atoms with Gasteiger partial charge in [0.05, 0.1) is 0 Å². The zero-order valence-electron chi connectivity index (χ0n) is 7.60. The standard InChI is InChI=1S/C8H19NO/c1-6(2)9-7(10)8(3,4)5/h6-7,9-10H,1-5H3. The molecule has 0 aromatic carbocycles. The second kappa shape index (κ2) is 3.35. The molecule has 0 aromatic rings. The highest BCUT2D eigenvalue weighted by Crippen LogP contribution is 2.16. The molecule has 0 aliphatic rings. The van der Waals surface area contributed by atoms with E-state index in [-0.39, 0.29) is 5.41 Å². The normalized spacial score (nSPS) is 15.9. The van der Waals surface area contributed by atoms with Crippen molar-refractivity contribution in [1.82, 2.24) is 5.32 Å². The van der Waals surface area contributed by atoms with Crippen molar-refractivity contribution >= 4 is 0 Å². The van der Waals surface area contributed by atoms with Gasteiger partial charge in [-0.1, -0.05) is 20.8 Å². The van der Waals surface area contributed by atoms with E-state index in [2.05, 4.69) is 5.32 Å². The molecule has 0 heterocycles. The number of hydrogen-bond donors (Lipinski definition) is 2. The Hall–Kier alpha value is -0.0800. The highest BCUT2D eigenvalue weighted by atomic mass is 16.3. The minimum Gasteiger partial charge on any atom is -0.378 e. The summed E-state index contributed by atoms with van der Waals surface area (Å²) in [6.45, 7) is 10.1. The summed E-state index contributed by atoms with van der Waals surface area (Å²) in [6.07, 6.45) is -0.410. The fourth-order valence-corrected chi connectivity index (χ4v) is 0.566. The Kier molecular flexibility index (Phi) is 3.33. The molecule has 0 saturated heterocycles. The summed E-state index contributed by atoms with van der Waals surface area (Å²) in [5.74, 6) is 0. The smallest absolute Gasteiger partial charge is 0.109 e. The van der Waals surface area contributed by atoms with Gasteiger partial charge in [0.25, 0.3) is 0 Å². The zero-order chi connectivity index (χ0) is 8.36. The first-order valence-electron chi connectivity index (χ1n) is 3.78. The predicted molar refractivity (Wildman–Crippen MR) is 43.7 cm³/mol. The Bertz CT molecular complexity index is 93.9. The quantitative estimate of drug-likeness (QED) is 0.575. The van der Waals surface area contributed by atoms with Crippen LogP contribution in [0.5, 0.6) is 0 Å². The molecule has 0 bridgehead atoms. The number of aliphatic hydroxyl groups excluding tert-OH is 1. The van der Waals surface area contributed by atoms with E-state index in [9.17, 15) is 5.11 Å². The van der Waals surface area contributed by atoms with Crippen LogP contribution in [0.3, 0.4) is 0 Å². The molecule has 0 fully saturated rings. The van der Waals surface area contributed by atoms with Gasteiger partial charge in [-0.3, -0.25) is 5.32 Å².